The molecule has 3 unspecified atom stereocenters. The second-order valence-electron chi connectivity index (χ2n) is 8.03. The van der Waals surface area contributed by atoms with Crippen LogP contribution in [0, 0.1) is 17.3 Å². The number of nitrogens with one attached hydrogen (secondary N) is 1. The lowest BCUT2D eigenvalue weighted by atomic mass is 9.67. The van der Waals surface area contributed by atoms with E-state index in [0.29, 0.717) is 11.5 Å². The fraction of sp³-hybridized carbons (Fsp3) is 1.00. The van der Waals surface area contributed by atoms with E-state index in [1.807, 2.05) is 0 Å². The second kappa shape index (κ2) is 6.79. The smallest absolute Gasteiger partial charge is 0.0252 e. The van der Waals surface area contributed by atoms with Crippen molar-refractivity contribution in [3.63, 3.8) is 0 Å². The maximum atomic E-state index is 3.61. The number of nitrogens with zero attached hydrogens (tertiary/aromatic N) is 1. The first-order valence-electron chi connectivity index (χ1n) is 8.89. The van der Waals surface area contributed by atoms with Gasteiger partial charge >= 0.3 is 0 Å². The Hall–Kier alpha value is -0.0800. The maximum Gasteiger partial charge on any atom is 0.0252 e. The lowest BCUT2D eigenvalue weighted by Gasteiger charge is -2.48. The largest absolute Gasteiger partial charge is 0.315 e. The second-order valence-corrected chi connectivity index (χ2v) is 8.03. The molecule has 0 amide bonds. The molecule has 0 radical (unpaired) electrons. The topological polar surface area (TPSA) is 15.3 Å². The van der Waals surface area contributed by atoms with Crippen LogP contribution in [0.1, 0.15) is 66.2 Å². The number of hydrogen-bond donors (Lipinski definition) is 1. The van der Waals surface area contributed by atoms with Crippen molar-refractivity contribution in [2.24, 2.45) is 17.3 Å². The van der Waals surface area contributed by atoms with E-state index in [4.69, 9.17) is 0 Å². The number of piperidine rings is 1. The van der Waals surface area contributed by atoms with Crippen LogP contribution in [0.4, 0.5) is 0 Å². The Balaban J connectivity index is 2.03. The SMILES string of the molecule is CCC(C)(C)C1CCC(NC)C(N2CCC(C)CC2)C1. The third-order valence-electron chi connectivity index (χ3n) is 6.49. The fourth-order valence-electron chi connectivity index (χ4n) is 4.25. The molecule has 20 heavy (non-hydrogen) atoms. The maximum absolute atomic E-state index is 3.61. The molecule has 1 aliphatic heterocycles. The Morgan fingerprint density at radius 1 is 1.10 bits per heavy atom. The molecule has 3 atom stereocenters. The molecule has 0 aromatic rings. The number of rotatable bonds is 4. The molecule has 1 saturated heterocycles. The van der Waals surface area contributed by atoms with Crippen molar-refractivity contribution >= 4 is 0 Å². The first-order valence-corrected chi connectivity index (χ1v) is 8.89. The molecule has 2 heteroatoms. The molecule has 2 rings (SSSR count). The molecule has 1 saturated carbocycles. The van der Waals surface area contributed by atoms with Crippen LogP contribution in [-0.4, -0.2) is 37.1 Å². The van der Waals surface area contributed by atoms with E-state index in [2.05, 4.69) is 45.0 Å². The van der Waals surface area contributed by atoms with Crippen molar-refractivity contribution < 1.29 is 0 Å². The molecule has 118 valence electrons. The molecule has 0 spiro atoms. The molecule has 0 aromatic carbocycles. The molecular formula is C18H36N2. The van der Waals surface area contributed by atoms with E-state index in [1.165, 1.54) is 51.6 Å². The van der Waals surface area contributed by atoms with Crippen molar-refractivity contribution in [3.8, 4) is 0 Å². The zero-order valence-electron chi connectivity index (χ0n) is 14.4. The Bertz CT molecular complexity index is 292. The zero-order chi connectivity index (χ0) is 14.8. The molecule has 1 aliphatic carbocycles. The molecule has 0 bridgehead atoms. The van der Waals surface area contributed by atoms with E-state index in [1.54, 1.807) is 0 Å². The van der Waals surface area contributed by atoms with Gasteiger partial charge in [0.2, 0.25) is 0 Å². The van der Waals surface area contributed by atoms with Gasteiger partial charge in [-0.25, -0.2) is 0 Å². The van der Waals surface area contributed by atoms with Gasteiger partial charge in [0.15, 0.2) is 0 Å². The highest BCUT2D eigenvalue weighted by Crippen LogP contribution is 2.42. The van der Waals surface area contributed by atoms with Crippen LogP contribution in [0.2, 0.25) is 0 Å². The van der Waals surface area contributed by atoms with Crippen LogP contribution < -0.4 is 5.32 Å². The van der Waals surface area contributed by atoms with Gasteiger partial charge in [-0.15, -0.1) is 0 Å². The highest BCUT2D eigenvalue weighted by atomic mass is 15.2. The Kier molecular flexibility index (Phi) is 5.53. The van der Waals surface area contributed by atoms with Crippen LogP contribution in [0.15, 0.2) is 0 Å². The summed E-state index contributed by atoms with van der Waals surface area (Å²) in [7, 11) is 2.16. The summed E-state index contributed by atoms with van der Waals surface area (Å²) in [6, 6.07) is 1.49. The van der Waals surface area contributed by atoms with E-state index >= 15 is 0 Å². The quantitative estimate of drug-likeness (QED) is 0.840. The standard InChI is InChI=1S/C18H36N2/c1-6-18(3,4)15-7-8-16(19-5)17(13-15)20-11-9-14(2)10-12-20/h14-17,19H,6-13H2,1-5H3. The summed E-state index contributed by atoms with van der Waals surface area (Å²) < 4.78 is 0. The Morgan fingerprint density at radius 2 is 1.75 bits per heavy atom. The highest BCUT2D eigenvalue weighted by Gasteiger charge is 2.39. The van der Waals surface area contributed by atoms with Gasteiger partial charge < -0.3 is 5.32 Å². The molecule has 2 fully saturated rings. The van der Waals surface area contributed by atoms with Crippen molar-refractivity contribution in [2.75, 3.05) is 20.1 Å². The predicted octanol–water partition coefficient (Wildman–Crippen LogP) is 3.91. The van der Waals surface area contributed by atoms with Crippen LogP contribution in [0.25, 0.3) is 0 Å². The Labute approximate surface area is 126 Å². The summed E-state index contributed by atoms with van der Waals surface area (Å²) in [6.07, 6.45) is 8.28. The summed E-state index contributed by atoms with van der Waals surface area (Å²) in [5.41, 5.74) is 0.514. The highest BCUT2D eigenvalue weighted by molar-refractivity contribution is 4.95. The lowest BCUT2D eigenvalue weighted by molar-refractivity contribution is 0.0350. The van der Waals surface area contributed by atoms with Gasteiger partial charge in [0.05, 0.1) is 0 Å². The molecule has 0 aromatic heterocycles. The summed E-state index contributed by atoms with van der Waals surface area (Å²) in [4.78, 5) is 2.80. The average Bonchev–Trinajstić information content (AvgIpc) is 2.47. The predicted molar refractivity (Wildman–Crippen MR) is 88.0 cm³/mol. The number of likely N-dealkylation sites (tertiary alicyclic amines) is 1. The minimum atomic E-state index is 0.514. The van der Waals surface area contributed by atoms with Crippen molar-refractivity contribution in [1.29, 1.82) is 0 Å². The molecular weight excluding hydrogens is 244 g/mol. The molecule has 2 aliphatic rings. The van der Waals surface area contributed by atoms with Crippen LogP contribution >= 0.6 is 0 Å². The van der Waals surface area contributed by atoms with Gasteiger partial charge in [0.1, 0.15) is 0 Å². The summed E-state index contributed by atoms with van der Waals surface area (Å²) in [6.45, 7) is 12.4. The van der Waals surface area contributed by atoms with E-state index < -0.39 is 0 Å². The van der Waals surface area contributed by atoms with Crippen LogP contribution in [0.5, 0.6) is 0 Å². The molecule has 1 heterocycles. The summed E-state index contributed by atoms with van der Waals surface area (Å²) >= 11 is 0. The van der Waals surface area contributed by atoms with Gasteiger partial charge in [-0.3, -0.25) is 4.90 Å². The normalized spacial score (nSPS) is 34.4. The number of hydrogen-bond acceptors (Lipinski definition) is 2. The monoisotopic (exact) mass is 280 g/mol. The lowest BCUT2D eigenvalue weighted by Crippen LogP contribution is -2.55. The minimum absolute atomic E-state index is 0.514. The molecule has 1 N–H and O–H groups in total. The van der Waals surface area contributed by atoms with Gasteiger partial charge in [-0.05, 0) is 69.5 Å². The first-order chi connectivity index (χ1) is 9.47. The number of likely N-dealkylation sites (N-methyl/N-ethyl adjacent to an activating group) is 1. The van der Waals surface area contributed by atoms with Gasteiger partial charge in [0, 0.05) is 12.1 Å². The third kappa shape index (κ3) is 3.57. The minimum Gasteiger partial charge on any atom is -0.315 e. The first kappa shape index (κ1) is 16.3. The van der Waals surface area contributed by atoms with Gasteiger partial charge in [0.25, 0.3) is 0 Å². The van der Waals surface area contributed by atoms with Gasteiger partial charge in [-0.2, -0.15) is 0 Å². The fourth-order valence-corrected chi connectivity index (χ4v) is 4.25. The Morgan fingerprint density at radius 3 is 2.30 bits per heavy atom. The molecule has 2 nitrogen and oxygen atoms in total. The average molecular weight is 280 g/mol. The van der Waals surface area contributed by atoms with Crippen molar-refractivity contribution in [1.82, 2.24) is 10.2 Å². The van der Waals surface area contributed by atoms with Crippen LogP contribution in [-0.2, 0) is 0 Å². The van der Waals surface area contributed by atoms with E-state index in [9.17, 15) is 0 Å². The van der Waals surface area contributed by atoms with E-state index in [0.717, 1.165) is 17.9 Å². The van der Waals surface area contributed by atoms with E-state index in [-0.39, 0.29) is 0 Å². The van der Waals surface area contributed by atoms with Crippen LogP contribution in [0.3, 0.4) is 0 Å². The third-order valence-corrected chi connectivity index (χ3v) is 6.49. The zero-order valence-corrected chi connectivity index (χ0v) is 14.4. The van der Waals surface area contributed by atoms with Gasteiger partial charge in [-0.1, -0.05) is 34.1 Å². The summed E-state index contributed by atoms with van der Waals surface area (Å²) in [5.74, 6) is 1.84. The summed E-state index contributed by atoms with van der Waals surface area (Å²) in [5, 5.41) is 3.61. The van der Waals surface area contributed by atoms with Crippen molar-refractivity contribution in [3.05, 3.63) is 0 Å². The van der Waals surface area contributed by atoms with Crippen molar-refractivity contribution in [2.45, 2.75) is 78.3 Å².